The summed E-state index contributed by atoms with van der Waals surface area (Å²) in [4.78, 5) is 29.9. The fourth-order valence-electron chi connectivity index (χ4n) is 5.41. The zero-order valence-electron chi connectivity index (χ0n) is 24.1. The second-order valence-electron chi connectivity index (χ2n) is 11.3. The summed E-state index contributed by atoms with van der Waals surface area (Å²) in [6, 6.07) is 12.5. The van der Waals surface area contributed by atoms with Gasteiger partial charge in [-0.25, -0.2) is 13.2 Å². The van der Waals surface area contributed by atoms with E-state index in [0.29, 0.717) is 23.5 Å². The third-order valence-electron chi connectivity index (χ3n) is 7.96. The van der Waals surface area contributed by atoms with Crippen molar-refractivity contribution >= 4 is 27.6 Å². The first kappa shape index (κ1) is 30.6. The molecule has 4 rings (SSSR count). The molecule has 3 amide bonds. The van der Waals surface area contributed by atoms with Crippen LogP contribution in [-0.2, 0) is 21.2 Å². The van der Waals surface area contributed by atoms with Gasteiger partial charge in [0.15, 0.2) is 0 Å². The SMILES string of the molecule is C[C@@H]1CN([C@@H](C)CO)C(=O)Cc2cc(NS(=O)(=O)c3ccccc3)ccc2O[C@@H]1CN(C)C(=O)NC1CCCCC1. The average Bonchev–Trinajstić information content (AvgIpc) is 3.01. The molecule has 10 nitrogen and oxygen atoms in total. The highest BCUT2D eigenvalue weighted by atomic mass is 32.2. The van der Waals surface area contributed by atoms with Gasteiger partial charge in [-0.1, -0.05) is 44.4 Å². The minimum Gasteiger partial charge on any atom is -0.488 e. The average molecular weight is 587 g/mol. The molecule has 41 heavy (non-hydrogen) atoms. The van der Waals surface area contributed by atoms with Gasteiger partial charge >= 0.3 is 6.03 Å². The summed E-state index contributed by atoms with van der Waals surface area (Å²) < 4.78 is 34.9. The van der Waals surface area contributed by atoms with E-state index < -0.39 is 22.2 Å². The number of nitrogens with zero attached hydrogens (tertiary/aromatic N) is 2. The van der Waals surface area contributed by atoms with Gasteiger partial charge in [-0.2, -0.15) is 0 Å². The zero-order chi connectivity index (χ0) is 29.6. The van der Waals surface area contributed by atoms with Gasteiger partial charge in [0.1, 0.15) is 11.9 Å². The van der Waals surface area contributed by atoms with Crippen molar-refractivity contribution in [3.63, 3.8) is 0 Å². The van der Waals surface area contributed by atoms with Gasteiger partial charge in [-0.15, -0.1) is 0 Å². The van der Waals surface area contributed by atoms with E-state index in [9.17, 15) is 23.1 Å². The van der Waals surface area contributed by atoms with Crippen LogP contribution in [0.1, 0.15) is 51.5 Å². The number of anilines is 1. The molecule has 0 unspecified atom stereocenters. The summed E-state index contributed by atoms with van der Waals surface area (Å²) in [5.74, 6) is 0.0907. The van der Waals surface area contributed by atoms with Crippen molar-refractivity contribution in [3.05, 3.63) is 54.1 Å². The largest absolute Gasteiger partial charge is 0.488 e. The number of benzene rings is 2. The second kappa shape index (κ2) is 13.6. The van der Waals surface area contributed by atoms with Crippen LogP contribution in [0.2, 0.25) is 0 Å². The molecule has 224 valence electrons. The van der Waals surface area contributed by atoms with E-state index in [1.54, 1.807) is 60.2 Å². The molecule has 1 aliphatic carbocycles. The Morgan fingerprint density at radius 2 is 1.85 bits per heavy atom. The Balaban J connectivity index is 1.59. The second-order valence-corrected chi connectivity index (χ2v) is 13.0. The van der Waals surface area contributed by atoms with Gasteiger partial charge in [0.05, 0.1) is 30.5 Å². The van der Waals surface area contributed by atoms with E-state index in [1.807, 2.05) is 6.92 Å². The van der Waals surface area contributed by atoms with Crippen LogP contribution in [0.5, 0.6) is 5.75 Å². The Labute approximate surface area is 243 Å². The van der Waals surface area contributed by atoms with E-state index in [4.69, 9.17) is 4.74 Å². The first-order valence-corrected chi connectivity index (χ1v) is 15.8. The van der Waals surface area contributed by atoms with E-state index in [-0.39, 0.29) is 48.4 Å². The fraction of sp³-hybridized carbons (Fsp3) is 0.533. The van der Waals surface area contributed by atoms with Gasteiger partial charge in [0, 0.05) is 36.8 Å². The molecule has 0 aromatic heterocycles. The number of hydrogen-bond donors (Lipinski definition) is 3. The van der Waals surface area contributed by atoms with E-state index >= 15 is 0 Å². The third-order valence-corrected chi connectivity index (χ3v) is 9.35. The molecular weight excluding hydrogens is 544 g/mol. The fourth-order valence-corrected chi connectivity index (χ4v) is 6.48. The number of aliphatic hydroxyl groups is 1. The number of amides is 3. The monoisotopic (exact) mass is 586 g/mol. The standard InChI is InChI=1S/C30H42N4O6S/c1-21-18-34(22(2)20-35)29(36)17-23-16-25(32-41(38,39)26-12-8-5-9-13-26)14-15-27(23)40-28(21)19-33(3)30(37)31-24-10-6-4-7-11-24/h5,8-9,12-16,21-22,24,28,32,35H,4,6-7,10-11,17-20H2,1-3H3,(H,31,37)/t21-,22+,28-/m1/s1. The lowest BCUT2D eigenvalue weighted by atomic mass is 9.96. The minimum atomic E-state index is -3.83. The highest BCUT2D eigenvalue weighted by molar-refractivity contribution is 7.92. The normalized spacial score (nSPS) is 21.0. The Morgan fingerprint density at radius 1 is 1.15 bits per heavy atom. The summed E-state index contributed by atoms with van der Waals surface area (Å²) in [5, 5.41) is 13.0. The molecule has 1 fully saturated rings. The summed E-state index contributed by atoms with van der Waals surface area (Å²) in [6.07, 6.45) is 4.91. The lowest BCUT2D eigenvalue weighted by molar-refractivity contribution is -0.134. The molecule has 0 bridgehead atoms. The molecule has 2 aliphatic rings. The maximum atomic E-state index is 13.5. The van der Waals surface area contributed by atoms with E-state index in [1.165, 1.54) is 18.6 Å². The number of urea groups is 1. The molecule has 3 atom stereocenters. The lowest BCUT2D eigenvalue weighted by Crippen LogP contribution is -2.50. The molecule has 0 spiro atoms. The predicted octanol–water partition coefficient (Wildman–Crippen LogP) is 3.61. The number of carbonyl (C=O) groups is 2. The van der Waals surface area contributed by atoms with Gasteiger partial charge < -0.3 is 25.0 Å². The number of rotatable bonds is 8. The molecular formula is C30H42N4O6S. The molecule has 1 saturated carbocycles. The van der Waals surface area contributed by atoms with Crippen molar-refractivity contribution in [3.8, 4) is 5.75 Å². The smallest absolute Gasteiger partial charge is 0.317 e. The van der Waals surface area contributed by atoms with Crippen molar-refractivity contribution in [2.75, 3.05) is 31.5 Å². The summed E-state index contributed by atoms with van der Waals surface area (Å²) in [5.41, 5.74) is 0.824. The van der Waals surface area contributed by atoms with E-state index in [0.717, 1.165) is 25.7 Å². The molecule has 1 heterocycles. The molecule has 2 aromatic rings. The van der Waals surface area contributed by atoms with Crippen LogP contribution in [-0.4, -0.2) is 80.2 Å². The topological polar surface area (TPSA) is 128 Å². The van der Waals surface area contributed by atoms with Crippen molar-refractivity contribution in [1.82, 2.24) is 15.1 Å². The number of likely N-dealkylation sites (N-methyl/N-ethyl adjacent to an activating group) is 1. The van der Waals surface area contributed by atoms with Crippen LogP contribution >= 0.6 is 0 Å². The molecule has 11 heteroatoms. The van der Waals surface area contributed by atoms with Crippen molar-refractivity contribution in [1.29, 1.82) is 0 Å². The number of ether oxygens (including phenoxy) is 1. The Morgan fingerprint density at radius 3 is 2.54 bits per heavy atom. The van der Waals surface area contributed by atoms with Gasteiger partial charge in [0.2, 0.25) is 5.91 Å². The van der Waals surface area contributed by atoms with Crippen LogP contribution in [0.25, 0.3) is 0 Å². The number of sulfonamides is 1. The maximum Gasteiger partial charge on any atom is 0.317 e. The lowest BCUT2D eigenvalue weighted by Gasteiger charge is -2.34. The number of carbonyl (C=O) groups excluding carboxylic acids is 2. The summed E-state index contributed by atoms with van der Waals surface area (Å²) in [6.45, 7) is 4.18. The van der Waals surface area contributed by atoms with Gasteiger partial charge in [-0.05, 0) is 50.1 Å². The third kappa shape index (κ3) is 7.91. The molecule has 2 aromatic carbocycles. The summed E-state index contributed by atoms with van der Waals surface area (Å²) in [7, 11) is -2.09. The van der Waals surface area contributed by atoms with E-state index in [2.05, 4.69) is 10.0 Å². The molecule has 1 aliphatic heterocycles. The number of hydrogen-bond acceptors (Lipinski definition) is 6. The first-order valence-electron chi connectivity index (χ1n) is 14.4. The zero-order valence-corrected chi connectivity index (χ0v) is 24.9. The van der Waals surface area contributed by atoms with Crippen LogP contribution < -0.4 is 14.8 Å². The highest BCUT2D eigenvalue weighted by Crippen LogP contribution is 2.30. The first-order chi connectivity index (χ1) is 19.6. The number of nitrogens with one attached hydrogen (secondary N) is 2. The Bertz CT molecular complexity index is 1300. The van der Waals surface area contributed by atoms with Crippen LogP contribution in [0.15, 0.2) is 53.4 Å². The highest BCUT2D eigenvalue weighted by Gasteiger charge is 2.32. The maximum absolute atomic E-state index is 13.5. The molecule has 3 N–H and O–H groups in total. The number of aliphatic hydroxyl groups excluding tert-OH is 1. The van der Waals surface area contributed by atoms with Crippen LogP contribution in [0.4, 0.5) is 10.5 Å². The van der Waals surface area contributed by atoms with Gasteiger partial charge in [0.25, 0.3) is 10.0 Å². The quantitative estimate of drug-likeness (QED) is 0.434. The van der Waals surface area contributed by atoms with Crippen LogP contribution in [0.3, 0.4) is 0 Å². The predicted molar refractivity (Wildman–Crippen MR) is 157 cm³/mol. The molecule has 0 saturated heterocycles. The van der Waals surface area contributed by atoms with Gasteiger partial charge in [-0.3, -0.25) is 9.52 Å². The van der Waals surface area contributed by atoms with Crippen molar-refractivity contribution < 1.29 is 27.9 Å². The van der Waals surface area contributed by atoms with Crippen molar-refractivity contribution in [2.45, 2.75) is 75.5 Å². The number of fused-ring (bicyclic) bond motifs is 1. The summed E-state index contributed by atoms with van der Waals surface area (Å²) >= 11 is 0. The van der Waals surface area contributed by atoms with Crippen LogP contribution in [0, 0.1) is 5.92 Å². The Hall–Kier alpha value is -3.31. The van der Waals surface area contributed by atoms with Crippen molar-refractivity contribution in [2.24, 2.45) is 5.92 Å². The Kier molecular flexibility index (Phi) is 10.1. The minimum absolute atomic E-state index is 0.0297. The molecule has 0 radical (unpaired) electrons.